The molecule has 8 heteroatoms. The number of aliphatic hydroxyl groups is 1. The summed E-state index contributed by atoms with van der Waals surface area (Å²) in [4.78, 5) is 32.6. The van der Waals surface area contributed by atoms with E-state index in [1.54, 1.807) is 19.1 Å². The van der Waals surface area contributed by atoms with E-state index in [4.69, 9.17) is 4.42 Å². The van der Waals surface area contributed by atoms with Crippen LogP contribution in [0.5, 0.6) is 0 Å². The average Bonchev–Trinajstić information content (AvgIpc) is 3.44. The lowest BCUT2D eigenvalue weighted by Crippen LogP contribution is -2.30. The number of nitrogens with zero attached hydrogens (tertiary/aromatic N) is 2. The van der Waals surface area contributed by atoms with Crippen molar-refractivity contribution < 1.29 is 19.1 Å². The molecule has 2 aromatic carbocycles. The topological polar surface area (TPSA) is 83.6 Å². The van der Waals surface area contributed by atoms with E-state index in [0.717, 1.165) is 20.3 Å². The van der Waals surface area contributed by atoms with Crippen LogP contribution >= 0.6 is 27.3 Å². The Kier molecular flexibility index (Phi) is 4.98. The lowest BCUT2D eigenvalue weighted by atomic mass is 9.95. The summed E-state index contributed by atoms with van der Waals surface area (Å²) in [5.41, 5.74) is 2.46. The minimum absolute atomic E-state index is 0.0297. The van der Waals surface area contributed by atoms with Crippen LogP contribution in [-0.2, 0) is 4.79 Å². The number of benzene rings is 2. The minimum atomic E-state index is -0.848. The zero-order chi connectivity index (χ0) is 22.6. The highest BCUT2D eigenvalue weighted by Crippen LogP contribution is 2.44. The number of halogens is 1. The fraction of sp³-hybridized carbons (Fsp3) is 0.125. The molecule has 0 radical (unpaired) electrons. The van der Waals surface area contributed by atoms with Crippen molar-refractivity contribution in [1.82, 2.24) is 4.98 Å². The molecule has 5 rings (SSSR count). The predicted molar refractivity (Wildman–Crippen MR) is 126 cm³/mol. The number of thiazole rings is 1. The Hall–Kier alpha value is -3.23. The van der Waals surface area contributed by atoms with Crippen molar-refractivity contribution in [3.63, 3.8) is 0 Å². The molecule has 0 saturated heterocycles. The van der Waals surface area contributed by atoms with Crippen LogP contribution in [0, 0.1) is 13.8 Å². The molecule has 2 aromatic heterocycles. The van der Waals surface area contributed by atoms with Gasteiger partial charge >= 0.3 is 0 Å². The number of amides is 1. The molecule has 0 fully saturated rings. The van der Waals surface area contributed by atoms with Crippen molar-refractivity contribution >= 4 is 54.3 Å². The van der Waals surface area contributed by atoms with E-state index >= 15 is 0 Å². The Morgan fingerprint density at radius 3 is 2.69 bits per heavy atom. The van der Waals surface area contributed by atoms with Crippen molar-refractivity contribution in [3.8, 4) is 0 Å². The number of ketones is 1. The number of aryl methyl sites for hydroxylation is 2. The molecule has 0 bridgehead atoms. The van der Waals surface area contributed by atoms with Gasteiger partial charge in [-0.25, -0.2) is 4.98 Å². The molecule has 4 aromatic rings. The zero-order valence-electron chi connectivity index (χ0n) is 17.1. The summed E-state index contributed by atoms with van der Waals surface area (Å²) in [6.07, 6.45) is 0. The number of furan rings is 1. The first-order valence-electron chi connectivity index (χ1n) is 9.84. The van der Waals surface area contributed by atoms with Gasteiger partial charge in [-0.15, -0.1) is 0 Å². The minimum Gasteiger partial charge on any atom is -0.503 e. The van der Waals surface area contributed by atoms with Crippen molar-refractivity contribution in [1.29, 1.82) is 0 Å². The summed E-state index contributed by atoms with van der Waals surface area (Å²) in [5, 5.41) is 11.2. The van der Waals surface area contributed by atoms with Crippen LogP contribution in [0.15, 0.2) is 74.8 Å². The SMILES string of the molecule is Cc1ccc2nc(N3C(=O)C(O)=C(C(=O)c4ccc(C)o4)C3c3cccc(Br)c3)sc2c1. The lowest BCUT2D eigenvalue weighted by Gasteiger charge is -2.24. The number of hydrogen-bond donors (Lipinski definition) is 1. The first-order valence-corrected chi connectivity index (χ1v) is 11.4. The summed E-state index contributed by atoms with van der Waals surface area (Å²) in [5.74, 6) is -1.16. The Morgan fingerprint density at radius 1 is 1.16 bits per heavy atom. The van der Waals surface area contributed by atoms with Crippen LogP contribution in [0.4, 0.5) is 5.13 Å². The molecule has 6 nitrogen and oxygen atoms in total. The van der Waals surface area contributed by atoms with E-state index in [9.17, 15) is 14.7 Å². The monoisotopic (exact) mass is 508 g/mol. The molecule has 1 unspecified atom stereocenters. The van der Waals surface area contributed by atoms with Crippen molar-refractivity contribution in [2.45, 2.75) is 19.9 Å². The number of anilines is 1. The van der Waals surface area contributed by atoms with Crippen LogP contribution in [0.25, 0.3) is 10.2 Å². The quantitative estimate of drug-likeness (QED) is 0.339. The van der Waals surface area contributed by atoms with Gasteiger partial charge in [0, 0.05) is 4.47 Å². The fourth-order valence-corrected chi connectivity index (χ4v) is 5.35. The summed E-state index contributed by atoms with van der Waals surface area (Å²) in [7, 11) is 0. The van der Waals surface area contributed by atoms with Crippen LogP contribution in [-0.4, -0.2) is 21.8 Å². The predicted octanol–water partition coefficient (Wildman–Crippen LogP) is 6.05. The highest BCUT2D eigenvalue weighted by molar-refractivity contribution is 9.10. The number of carbonyl (C=O) groups excluding carboxylic acids is 2. The maximum absolute atomic E-state index is 13.4. The molecule has 1 N–H and O–H groups in total. The standard InChI is InChI=1S/C24H17BrN2O4S/c1-12-6-8-16-18(10-12)32-24(26-16)27-20(14-4-3-5-15(25)11-14)19(22(29)23(27)30)21(28)17-9-7-13(2)31-17/h3-11,20,29H,1-2H3. The summed E-state index contributed by atoms with van der Waals surface area (Å²) in [6, 6.07) is 15.5. The summed E-state index contributed by atoms with van der Waals surface area (Å²) in [6.45, 7) is 3.71. The first kappa shape index (κ1) is 20.7. The van der Waals surface area contributed by atoms with E-state index in [2.05, 4.69) is 20.9 Å². The Morgan fingerprint density at radius 2 is 1.97 bits per heavy atom. The number of Topliss-reactive ketones (excluding diaryl/α,β-unsaturated/α-hetero) is 1. The third-order valence-electron chi connectivity index (χ3n) is 5.32. The van der Waals surface area contributed by atoms with Crippen molar-refractivity contribution in [2.75, 3.05) is 4.90 Å². The third-order valence-corrected chi connectivity index (χ3v) is 6.83. The molecular weight excluding hydrogens is 492 g/mol. The fourth-order valence-electron chi connectivity index (χ4n) is 3.84. The second-order valence-corrected chi connectivity index (χ2v) is 9.53. The zero-order valence-corrected chi connectivity index (χ0v) is 19.5. The molecule has 1 atom stereocenters. The molecule has 0 spiro atoms. The van der Waals surface area contributed by atoms with Gasteiger partial charge in [-0.05, 0) is 61.4 Å². The summed E-state index contributed by atoms with van der Waals surface area (Å²) >= 11 is 4.80. The van der Waals surface area contributed by atoms with Gasteiger partial charge in [0.05, 0.1) is 21.8 Å². The van der Waals surface area contributed by atoms with E-state index in [1.807, 2.05) is 49.4 Å². The molecule has 1 amide bonds. The van der Waals surface area contributed by atoms with Gasteiger partial charge in [0.1, 0.15) is 5.76 Å². The Labute approximate surface area is 195 Å². The lowest BCUT2D eigenvalue weighted by molar-refractivity contribution is -0.117. The smallest absolute Gasteiger partial charge is 0.296 e. The maximum atomic E-state index is 13.4. The highest BCUT2D eigenvalue weighted by Gasteiger charge is 2.46. The van der Waals surface area contributed by atoms with Crippen molar-refractivity contribution in [2.24, 2.45) is 0 Å². The van der Waals surface area contributed by atoms with Gasteiger partial charge < -0.3 is 9.52 Å². The highest BCUT2D eigenvalue weighted by atomic mass is 79.9. The van der Waals surface area contributed by atoms with E-state index in [-0.39, 0.29) is 11.3 Å². The molecule has 0 saturated carbocycles. The molecule has 32 heavy (non-hydrogen) atoms. The van der Waals surface area contributed by atoms with Crippen LogP contribution < -0.4 is 4.90 Å². The average molecular weight is 509 g/mol. The van der Waals surface area contributed by atoms with Crippen molar-refractivity contribution in [3.05, 3.63) is 93.0 Å². The van der Waals surface area contributed by atoms with Crippen LogP contribution in [0.1, 0.15) is 33.5 Å². The third kappa shape index (κ3) is 3.36. The largest absolute Gasteiger partial charge is 0.503 e. The number of aliphatic hydroxyl groups excluding tert-OH is 1. The number of carbonyl (C=O) groups is 2. The Bertz CT molecular complexity index is 1430. The number of fused-ring (bicyclic) bond motifs is 1. The van der Waals surface area contributed by atoms with Crippen LogP contribution in [0.2, 0.25) is 0 Å². The molecule has 3 heterocycles. The van der Waals surface area contributed by atoms with Gasteiger partial charge in [-0.1, -0.05) is 45.5 Å². The molecule has 1 aliphatic heterocycles. The number of hydrogen-bond acceptors (Lipinski definition) is 6. The summed E-state index contributed by atoms with van der Waals surface area (Å²) < 4.78 is 7.21. The van der Waals surface area contributed by atoms with E-state index in [0.29, 0.717) is 16.5 Å². The molecule has 160 valence electrons. The normalized spacial score (nSPS) is 16.4. The van der Waals surface area contributed by atoms with E-state index < -0.39 is 23.5 Å². The van der Waals surface area contributed by atoms with Gasteiger partial charge in [0.25, 0.3) is 5.91 Å². The molecular formula is C24H17BrN2O4S. The maximum Gasteiger partial charge on any atom is 0.296 e. The second-order valence-electron chi connectivity index (χ2n) is 7.60. The second kappa shape index (κ2) is 7.72. The number of rotatable bonds is 4. The number of aromatic nitrogens is 1. The van der Waals surface area contributed by atoms with Crippen LogP contribution in [0.3, 0.4) is 0 Å². The van der Waals surface area contributed by atoms with E-state index in [1.165, 1.54) is 16.2 Å². The molecule has 0 aliphatic carbocycles. The van der Waals surface area contributed by atoms with Gasteiger partial charge in [-0.2, -0.15) is 0 Å². The molecule has 1 aliphatic rings. The van der Waals surface area contributed by atoms with Gasteiger partial charge in [0.15, 0.2) is 16.7 Å². The van der Waals surface area contributed by atoms with Gasteiger partial charge in [-0.3, -0.25) is 14.5 Å². The van der Waals surface area contributed by atoms with Gasteiger partial charge in [0.2, 0.25) is 5.78 Å². The Balaban J connectivity index is 1.69. The first-order chi connectivity index (χ1) is 15.3.